The van der Waals surface area contributed by atoms with Crippen LogP contribution in [-0.2, 0) is 9.47 Å². The number of amides is 1. The van der Waals surface area contributed by atoms with Crippen LogP contribution in [0, 0.1) is 25.6 Å². The minimum absolute atomic E-state index is 0.140. The van der Waals surface area contributed by atoms with Crippen molar-refractivity contribution in [1.29, 1.82) is 0 Å². The third kappa shape index (κ3) is 4.19. The summed E-state index contributed by atoms with van der Waals surface area (Å²) in [4.78, 5) is 21.4. The molecule has 2 saturated heterocycles. The van der Waals surface area contributed by atoms with E-state index in [2.05, 4.69) is 25.5 Å². The van der Waals surface area contributed by atoms with Gasteiger partial charge in [-0.3, -0.25) is 20.1 Å². The molecular weight excluding hydrogens is 465 g/mol. The number of aromatic nitrogens is 4. The number of carbonyl (C=O) groups is 1. The first kappa shape index (κ1) is 22.6. The van der Waals surface area contributed by atoms with E-state index in [1.807, 2.05) is 0 Å². The SMILES string of the molecule is COc1cnc(C)c(F)c1-c1cc(C)ncc1C(=O)Nc1nnc(OC2COC3OCCC23)s1. The van der Waals surface area contributed by atoms with Crippen LogP contribution in [0.15, 0.2) is 18.5 Å². The number of pyridine rings is 2. The lowest BCUT2D eigenvalue weighted by Gasteiger charge is -2.15. The molecule has 2 fully saturated rings. The van der Waals surface area contributed by atoms with E-state index >= 15 is 4.39 Å². The standard InChI is InChI=1S/C22H22FN5O5S/c1-10-6-13(17-15(30-3)8-25-11(2)18(17)23)14(7-24-10)19(29)26-21-27-28-22(34-21)33-16-9-32-20-12(16)4-5-31-20/h6-8,12,16,20H,4-5,9H2,1-3H3,(H,26,27,29). The minimum atomic E-state index is -0.571. The van der Waals surface area contributed by atoms with Crippen molar-refractivity contribution >= 4 is 22.4 Å². The van der Waals surface area contributed by atoms with E-state index in [0.29, 0.717) is 29.7 Å². The molecule has 3 aromatic rings. The van der Waals surface area contributed by atoms with Crippen LogP contribution >= 0.6 is 11.3 Å². The van der Waals surface area contributed by atoms with Crippen LogP contribution in [0.5, 0.6) is 10.9 Å². The Morgan fingerprint density at radius 2 is 2.09 bits per heavy atom. The first-order valence-electron chi connectivity index (χ1n) is 10.7. The summed E-state index contributed by atoms with van der Waals surface area (Å²) in [7, 11) is 1.42. The molecule has 3 aromatic heterocycles. The predicted octanol–water partition coefficient (Wildman–Crippen LogP) is 3.15. The van der Waals surface area contributed by atoms with E-state index in [4.69, 9.17) is 18.9 Å². The average molecular weight is 488 g/mol. The first-order chi connectivity index (χ1) is 16.4. The van der Waals surface area contributed by atoms with Crippen molar-refractivity contribution < 1.29 is 28.1 Å². The van der Waals surface area contributed by atoms with Crippen LogP contribution in [-0.4, -0.2) is 58.8 Å². The van der Waals surface area contributed by atoms with Gasteiger partial charge in [-0.1, -0.05) is 5.10 Å². The Kier molecular flexibility index (Phi) is 6.11. The van der Waals surface area contributed by atoms with Crippen LogP contribution < -0.4 is 14.8 Å². The van der Waals surface area contributed by atoms with Gasteiger partial charge in [-0.2, -0.15) is 0 Å². The van der Waals surface area contributed by atoms with Gasteiger partial charge in [0.15, 0.2) is 12.1 Å². The highest BCUT2D eigenvalue weighted by atomic mass is 32.1. The molecule has 3 atom stereocenters. The summed E-state index contributed by atoms with van der Waals surface area (Å²) in [5, 5.41) is 11.3. The number of halogens is 1. The third-order valence-electron chi connectivity index (χ3n) is 5.80. The number of anilines is 1. The van der Waals surface area contributed by atoms with Crippen LogP contribution in [0.1, 0.15) is 28.2 Å². The molecule has 2 aliphatic heterocycles. The van der Waals surface area contributed by atoms with Crippen LogP contribution in [0.25, 0.3) is 11.1 Å². The fraction of sp³-hybridized carbons (Fsp3) is 0.409. The number of hydrogen-bond donors (Lipinski definition) is 1. The number of ether oxygens (including phenoxy) is 4. The molecule has 1 N–H and O–H groups in total. The lowest BCUT2D eigenvalue weighted by molar-refractivity contribution is -0.0906. The molecule has 0 spiro atoms. The smallest absolute Gasteiger partial charge is 0.296 e. The van der Waals surface area contributed by atoms with E-state index in [0.717, 1.165) is 17.8 Å². The van der Waals surface area contributed by atoms with Crippen molar-refractivity contribution in [1.82, 2.24) is 20.2 Å². The number of aryl methyl sites for hydroxylation is 2. The van der Waals surface area contributed by atoms with Gasteiger partial charge in [0, 0.05) is 17.5 Å². The highest BCUT2D eigenvalue weighted by Gasteiger charge is 2.43. The zero-order valence-corrected chi connectivity index (χ0v) is 19.5. The van der Waals surface area contributed by atoms with Crippen molar-refractivity contribution in [3.8, 4) is 22.1 Å². The van der Waals surface area contributed by atoms with Crippen LogP contribution in [0.3, 0.4) is 0 Å². The number of hydrogen-bond acceptors (Lipinski definition) is 10. The maximum absolute atomic E-state index is 15.1. The Morgan fingerprint density at radius 3 is 2.91 bits per heavy atom. The molecule has 12 heteroatoms. The van der Waals surface area contributed by atoms with Crippen molar-refractivity contribution in [3.05, 3.63) is 41.2 Å². The summed E-state index contributed by atoms with van der Waals surface area (Å²) in [6, 6.07) is 1.63. The van der Waals surface area contributed by atoms with Crippen LogP contribution in [0.2, 0.25) is 0 Å². The number of carbonyl (C=O) groups excluding carboxylic acids is 1. The molecule has 3 unspecified atom stereocenters. The van der Waals surface area contributed by atoms with E-state index in [-0.39, 0.29) is 46.0 Å². The van der Waals surface area contributed by atoms with Gasteiger partial charge >= 0.3 is 0 Å². The highest BCUT2D eigenvalue weighted by Crippen LogP contribution is 2.37. The van der Waals surface area contributed by atoms with Gasteiger partial charge in [0.2, 0.25) is 5.13 Å². The summed E-state index contributed by atoms with van der Waals surface area (Å²) in [6.07, 6.45) is 3.26. The predicted molar refractivity (Wildman–Crippen MR) is 120 cm³/mol. The molecule has 0 aliphatic carbocycles. The fourth-order valence-electron chi connectivity index (χ4n) is 4.07. The summed E-state index contributed by atoms with van der Waals surface area (Å²) in [6.45, 7) is 4.35. The maximum Gasteiger partial charge on any atom is 0.296 e. The minimum Gasteiger partial charge on any atom is -0.494 e. The van der Waals surface area contributed by atoms with E-state index < -0.39 is 11.7 Å². The maximum atomic E-state index is 15.1. The number of fused-ring (bicyclic) bond motifs is 1. The molecule has 0 aromatic carbocycles. The van der Waals surface area contributed by atoms with Gasteiger partial charge in [-0.15, -0.1) is 5.10 Å². The van der Waals surface area contributed by atoms with Gasteiger partial charge in [-0.05, 0) is 37.7 Å². The normalized spacial score (nSPS) is 21.4. The van der Waals surface area contributed by atoms with Gasteiger partial charge in [0.05, 0.1) is 49.3 Å². The Bertz CT molecular complexity index is 1240. The summed E-state index contributed by atoms with van der Waals surface area (Å²) in [5.74, 6) is -0.729. The Balaban J connectivity index is 1.38. The third-order valence-corrected chi connectivity index (χ3v) is 6.53. The summed E-state index contributed by atoms with van der Waals surface area (Å²) < 4.78 is 37.4. The number of nitrogens with one attached hydrogen (secondary N) is 1. The second kappa shape index (κ2) is 9.20. The van der Waals surface area contributed by atoms with Crippen molar-refractivity contribution in [2.24, 2.45) is 5.92 Å². The van der Waals surface area contributed by atoms with Gasteiger partial charge in [-0.25, -0.2) is 4.39 Å². The summed E-state index contributed by atoms with van der Waals surface area (Å²) in [5.41, 5.74) is 1.43. The first-order valence-corrected chi connectivity index (χ1v) is 11.5. The molecule has 34 heavy (non-hydrogen) atoms. The second-order valence-corrected chi connectivity index (χ2v) is 8.92. The lowest BCUT2D eigenvalue weighted by atomic mass is 9.99. The number of rotatable bonds is 6. The zero-order valence-electron chi connectivity index (χ0n) is 18.7. The molecule has 5 rings (SSSR count). The van der Waals surface area contributed by atoms with Gasteiger partial charge in [0.25, 0.3) is 11.1 Å². The van der Waals surface area contributed by atoms with Crippen molar-refractivity contribution in [2.75, 3.05) is 25.6 Å². The molecule has 5 heterocycles. The zero-order chi connectivity index (χ0) is 23.8. The Morgan fingerprint density at radius 1 is 1.24 bits per heavy atom. The number of methoxy groups -OCH3 is 1. The van der Waals surface area contributed by atoms with Gasteiger partial charge in [0.1, 0.15) is 11.9 Å². The Labute approximate surface area is 198 Å². The largest absolute Gasteiger partial charge is 0.494 e. The van der Waals surface area contributed by atoms with Crippen molar-refractivity contribution in [3.63, 3.8) is 0 Å². The Hall–Kier alpha value is -3.22. The van der Waals surface area contributed by atoms with Crippen LogP contribution in [0.4, 0.5) is 9.52 Å². The molecule has 0 saturated carbocycles. The molecule has 10 nitrogen and oxygen atoms in total. The quantitative estimate of drug-likeness (QED) is 0.559. The fourth-order valence-corrected chi connectivity index (χ4v) is 4.71. The molecule has 178 valence electrons. The topological polar surface area (TPSA) is 118 Å². The van der Waals surface area contributed by atoms with E-state index in [1.165, 1.54) is 19.5 Å². The monoisotopic (exact) mass is 487 g/mol. The molecule has 0 bridgehead atoms. The molecule has 2 aliphatic rings. The molecule has 0 radical (unpaired) electrons. The van der Waals surface area contributed by atoms with E-state index in [1.54, 1.807) is 19.9 Å². The number of nitrogens with zero attached hydrogens (tertiary/aromatic N) is 4. The summed E-state index contributed by atoms with van der Waals surface area (Å²) >= 11 is 1.09. The van der Waals surface area contributed by atoms with Gasteiger partial charge < -0.3 is 18.9 Å². The molecule has 1 amide bonds. The molecular formula is C22H22FN5O5S. The van der Waals surface area contributed by atoms with Crippen molar-refractivity contribution in [2.45, 2.75) is 32.7 Å². The average Bonchev–Trinajstić information content (AvgIpc) is 3.55. The van der Waals surface area contributed by atoms with E-state index in [9.17, 15) is 4.79 Å². The highest BCUT2D eigenvalue weighted by molar-refractivity contribution is 7.17. The lowest BCUT2D eigenvalue weighted by Crippen LogP contribution is -2.26. The second-order valence-electron chi connectivity index (χ2n) is 7.98.